The minimum Gasteiger partial charge on any atom is -0.462 e. The molecule has 2 unspecified atom stereocenters. The molecule has 10 heteroatoms. The lowest BCUT2D eigenvalue weighted by Gasteiger charge is -2.24. The van der Waals surface area contributed by atoms with Gasteiger partial charge in [-0.05, 0) is 89.9 Å². The number of carbonyl (C=O) groups is 2. The molecule has 1 N–H and O–H groups in total. The summed E-state index contributed by atoms with van der Waals surface area (Å²) in [5, 5.41) is 0. The van der Waals surface area contributed by atoms with Gasteiger partial charge in [0.15, 0.2) is 6.10 Å². The number of likely N-dealkylation sites (N-methyl/N-ethyl adjacent to an activating group) is 1. The molecule has 0 aliphatic heterocycles. The topological polar surface area (TPSA) is 108 Å². The van der Waals surface area contributed by atoms with Crippen molar-refractivity contribution in [3.8, 4) is 0 Å². The number of rotatable bonds is 44. The Hall–Kier alpha value is -3.07. The number of unbranched alkanes of at least 4 members (excludes halogenated alkanes) is 14. The second kappa shape index (κ2) is 45.1. The van der Waals surface area contributed by atoms with E-state index < -0.39 is 26.5 Å². The van der Waals surface area contributed by atoms with Crippen LogP contribution in [-0.4, -0.2) is 74.9 Å². The highest BCUT2D eigenvalue weighted by Crippen LogP contribution is 2.43. The first-order chi connectivity index (χ1) is 31.0. The maximum absolute atomic E-state index is 12.8. The van der Waals surface area contributed by atoms with E-state index in [2.05, 4.69) is 111 Å². The Morgan fingerprint density at radius 2 is 0.844 bits per heavy atom. The average molecular weight is 915 g/mol. The Bertz CT molecular complexity index is 1400. The van der Waals surface area contributed by atoms with Crippen LogP contribution in [0.5, 0.6) is 0 Å². The maximum Gasteiger partial charge on any atom is 0.472 e. The fraction of sp³-hybridized carbons (Fsp3) is 0.667. The van der Waals surface area contributed by atoms with Gasteiger partial charge in [-0.3, -0.25) is 18.6 Å². The van der Waals surface area contributed by atoms with Crippen LogP contribution in [0.4, 0.5) is 0 Å². The highest BCUT2D eigenvalue weighted by Gasteiger charge is 2.27. The summed E-state index contributed by atoms with van der Waals surface area (Å²) in [5.41, 5.74) is 0. The molecule has 0 saturated carbocycles. The van der Waals surface area contributed by atoms with E-state index in [0.29, 0.717) is 17.4 Å². The van der Waals surface area contributed by atoms with E-state index in [0.717, 1.165) is 109 Å². The highest BCUT2D eigenvalue weighted by molar-refractivity contribution is 7.47. The summed E-state index contributed by atoms with van der Waals surface area (Å²) in [4.78, 5) is 35.5. The summed E-state index contributed by atoms with van der Waals surface area (Å²) in [6, 6.07) is 0. The summed E-state index contributed by atoms with van der Waals surface area (Å²) in [7, 11) is 1.45. The largest absolute Gasteiger partial charge is 0.472 e. The summed E-state index contributed by atoms with van der Waals surface area (Å²) < 4.78 is 34.4. The number of esters is 2. The molecule has 0 aliphatic carbocycles. The van der Waals surface area contributed by atoms with Crippen LogP contribution in [-0.2, 0) is 32.7 Å². The average Bonchev–Trinajstić information content (AvgIpc) is 3.25. The number of phosphoric ester groups is 1. The van der Waals surface area contributed by atoms with Crippen LogP contribution in [0.25, 0.3) is 0 Å². The number of ether oxygens (including phenoxy) is 2. The van der Waals surface area contributed by atoms with Gasteiger partial charge in [-0.2, -0.15) is 0 Å². The Morgan fingerprint density at radius 3 is 1.25 bits per heavy atom. The molecule has 0 spiro atoms. The Kier molecular flexibility index (Phi) is 42.9. The zero-order valence-electron chi connectivity index (χ0n) is 41.2. The molecule has 366 valence electrons. The van der Waals surface area contributed by atoms with Crippen molar-refractivity contribution in [3.05, 3.63) is 97.2 Å². The van der Waals surface area contributed by atoms with Crippen molar-refractivity contribution in [2.45, 2.75) is 187 Å². The molecule has 0 saturated heterocycles. The summed E-state index contributed by atoms with van der Waals surface area (Å²) in [5.74, 6) is -0.830. The van der Waals surface area contributed by atoms with Crippen molar-refractivity contribution in [2.24, 2.45) is 0 Å². The first kappa shape index (κ1) is 60.9. The van der Waals surface area contributed by atoms with Crippen LogP contribution in [0.2, 0.25) is 0 Å². The number of phosphoric acid groups is 1. The van der Waals surface area contributed by atoms with Gasteiger partial charge < -0.3 is 18.9 Å². The van der Waals surface area contributed by atoms with E-state index in [1.807, 2.05) is 21.1 Å². The number of nitrogens with zero attached hydrogens (tertiary/aromatic N) is 1. The van der Waals surface area contributed by atoms with Crippen LogP contribution in [0, 0.1) is 0 Å². The number of allylic oxidation sites excluding steroid dienone is 16. The summed E-state index contributed by atoms with van der Waals surface area (Å²) >= 11 is 0. The predicted molar refractivity (Wildman–Crippen MR) is 270 cm³/mol. The fourth-order valence-electron chi connectivity index (χ4n) is 6.29. The van der Waals surface area contributed by atoms with Crippen LogP contribution in [0.1, 0.15) is 181 Å². The molecule has 9 nitrogen and oxygen atoms in total. The monoisotopic (exact) mass is 915 g/mol. The lowest BCUT2D eigenvalue weighted by molar-refractivity contribution is -0.870. The van der Waals surface area contributed by atoms with E-state index in [4.69, 9.17) is 18.5 Å². The minimum atomic E-state index is -4.39. The van der Waals surface area contributed by atoms with Crippen LogP contribution in [0.15, 0.2) is 97.2 Å². The fourth-order valence-corrected chi connectivity index (χ4v) is 7.03. The third-order valence-corrected chi connectivity index (χ3v) is 11.1. The highest BCUT2D eigenvalue weighted by atomic mass is 31.2. The van der Waals surface area contributed by atoms with Crippen molar-refractivity contribution >= 4 is 19.8 Å². The van der Waals surface area contributed by atoms with Gasteiger partial charge in [-0.1, -0.05) is 175 Å². The summed E-state index contributed by atoms with van der Waals surface area (Å²) in [6.45, 7) is 4.16. The van der Waals surface area contributed by atoms with Gasteiger partial charge in [-0.15, -0.1) is 0 Å². The number of quaternary nitrogens is 1. The zero-order chi connectivity index (χ0) is 47.1. The molecule has 0 radical (unpaired) electrons. The third kappa shape index (κ3) is 48.4. The second-order valence-electron chi connectivity index (χ2n) is 17.4. The molecular formula is C54H93NO8P+. The van der Waals surface area contributed by atoms with E-state index >= 15 is 0 Å². The van der Waals surface area contributed by atoms with Crippen molar-refractivity contribution in [2.75, 3.05) is 47.5 Å². The third-order valence-electron chi connectivity index (χ3n) is 10.1. The number of carbonyl (C=O) groups excluding carboxylic acids is 2. The lowest BCUT2D eigenvalue weighted by atomic mass is 10.1. The second-order valence-corrected chi connectivity index (χ2v) is 18.9. The molecule has 0 fully saturated rings. The predicted octanol–water partition coefficient (Wildman–Crippen LogP) is 14.9. The molecule has 0 amide bonds. The normalized spacial score (nSPS) is 14.3. The van der Waals surface area contributed by atoms with Gasteiger partial charge >= 0.3 is 19.8 Å². The maximum atomic E-state index is 12.8. The zero-order valence-corrected chi connectivity index (χ0v) is 42.1. The molecule has 0 bridgehead atoms. The van der Waals surface area contributed by atoms with Gasteiger partial charge in [0.25, 0.3) is 0 Å². The molecule has 0 aromatic carbocycles. The van der Waals surface area contributed by atoms with E-state index in [9.17, 15) is 19.0 Å². The van der Waals surface area contributed by atoms with Crippen LogP contribution >= 0.6 is 7.82 Å². The summed E-state index contributed by atoms with van der Waals surface area (Å²) in [6.07, 6.45) is 60.2. The number of hydrogen-bond donors (Lipinski definition) is 1. The van der Waals surface area contributed by atoms with E-state index in [1.54, 1.807) is 0 Å². The van der Waals surface area contributed by atoms with E-state index in [1.165, 1.54) is 38.5 Å². The minimum absolute atomic E-state index is 0.0220. The van der Waals surface area contributed by atoms with Gasteiger partial charge in [0.1, 0.15) is 19.8 Å². The van der Waals surface area contributed by atoms with Gasteiger partial charge in [-0.25, -0.2) is 4.57 Å². The Morgan fingerprint density at radius 1 is 0.484 bits per heavy atom. The SMILES string of the molecule is CC/C=C\C/C=C\C/C=C\C/C=C\C/C=C\CCCCCCCCCC(=O)OC(COC(=O)CCCCCCCCC/C=C\C/C=C\C/C=C\CC)COP(=O)(O)OCC[N+](C)(C)C. The quantitative estimate of drug-likeness (QED) is 0.0212. The van der Waals surface area contributed by atoms with Crippen LogP contribution in [0.3, 0.4) is 0 Å². The van der Waals surface area contributed by atoms with Gasteiger partial charge in [0.05, 0.1) is 27.7 Å². The van der Waals surface area contributed by atoms with Gasteiger partial charge in [0, 0.05) is 12.8 Å². The Labute approximate surface area is 392 Å². The molecule has 64 heavy (non-hydrogen) atoms. The number of hydrogen-bond acceptors (Lipinski definition) is 7. The van der Waals surface area contributed by atoms with Crippen molar-refractivity contribution in [3.63, 3.8) is 0 Å². The molecule has 0 aromatic heterocycles. The standard InChI is InChI=1S/C54H92NO8P/c1-6-8-10-12-14-16-18-20-22-24-25-26-27-28-29-31-33-35-37-39-41-43-45-47-54(57)63-52(51-62-64(58,59)61-49-48-55(3,4)5)50-60-53(56)46-44-42-40-38-36-34-32-30-23-21-19-17-15-13-11-9-7-2/h8-11,14-17,20-23,25-26,28-29,52H,6-7,12-13,18-19,24,27,30-51H2,1-5H3/p+1/b10-8-,11-9-,16-14-,17-15-,22-20-,23-21-,26-25-,29-28-. The smallest absolute Gasteiger partial charge is 0.462 e. The van der Waals surface area contributed by atoms with Crippen LogP contribution < -0.4 is 0 Å². The molecule has 0 aromatic rings. The molecule has 0 rings (SSSR count). The lowest BCUT2D eigenvalue weighted by Crippen LogP contribution is -2.37. The van der Waals surface area contributed by atoms with Crippen molar-refractivity contribution in [1.29, 1.82) is 0 Å². The molecule has 2 atom stereocenters. The van der Waals surface area contributed by atoms with E-state index in [-0.39, 0.29) is 32.0 Å². The Balaban J connectivity index is 4.33. The molecule has 0 heterocycles. The first-order valence-corrected chi connectivity index (χ1v) is 26.5. The molecular weight excluding hydrogens is 822 g/mol. The van der Waals surface area contributed by atoms with Crippen molar-refractivity contribution in [1.82, 2.24) is 0 Å². The first-order valence-electron chi connectivity index (χ1n) is 25.0. The molecule has 0 aliphatic rings. The van der Waals surface area contributed by atoms with Gasteiger partial charge in [0.2, 0.25) is 0 Å². The van der Waals surface area contributed by atoms with Crippen molar-refractivity contribution < 1.29 is 42.1 Å².